The number of rotatable bonds is 10. The molecule has 2 aromatic carbocycles. The Bertz CT molecular complexity index is 1640. The molecular formula is C40H49N3O8. The molecular weight excluding hydrogens is 650 g/mol. The van der Waals surface area contributed by atoms with E-state index in [1.165, 1.54) is 7.11 Å². The van der Waals surface area contributed by atoms with Crippen molar-refractivity contribution in [2.24, 2.45) is 11.8 Å². The van der Waals surface area contributed by atoms with E-state index in [0.717, 1.165) is 29.7 Å². The number of ether oxygens (including phenoxy) is 3. The van der Waals surface area contributed by atoms with Gasteiger partial charge in [-0.3, -0.25) is 19.2 Å². The topological polar surface area (TPSA) is 135 Å². The predicted molar refractivity (Wildman–Crippen MR) is 191 cm³/mol. The Labute approximate surface area is 299 Å². The fraction of sp³-hybridized carbons (Fsp3) is 0.500. The van der Waals surface area contributed by atoms with Gasteiger partial charge in [0.15, 0.2) is 0 Å². The Hall–Kier alpha value is -4.32. The highest BCUT2D eigenvalue weighted by Crippen LogP contribution is 2.56. The molecule has 0 unspecified atom stereocenters. The number of esters is 1. The van der Waals surface area contributed by atoms with Gasteiger partial charge in [0, 0.05) is 38.9 Å². The van der Waals surface area contributed by atoms with Crippen molar-refractivity contribution in [3.05, 3.63) is 89.5 Å². The summed E-state index contributed by atoms with van der Waals surface area (Å²) >= 11 is 0. The minimum atomic E-state index is -1.37. The number of hydrogen-bond donors (Lipinski definition) is 2. The zero-order valence-electron chi connectivity index (χ0n) is 29.7. The number of hydrogen-bond acceptors (Lipinski definition) is 8. The van der Waals surface area contributed by atoms with E-state index >= 15 is 4.79 Å². The second kappa shape index (κ2) is 15.9. The quantitative estimate of drug-likeness (QED) is 0.215. The van der Waals surface area contributed by atoms with Crippen LogP contribution < -0.4 is 10.2 Å². The minimum absolute atomic E-state index is 0.0799. The third kappa shape index (κ3) is 7.11. The van der Waals surface area contributed by atoms with Gasteiger partial charge in [-0.1, -0.05) is 85.7 Å². The average molecular weight is 700 g/mol. The number of unbranched alkanes of at least 4 members (excludes halogenated alkanes) is 3. The Morgan fingerprint density at radius 1 is 0.941 bits per heavy atom. The Morgan fingerprint density at radius 3 is 2.41 bits per heavy atom. The first-order valence-corrected chi connectivity index (χ1v) is 18.1. The molecule has 4 aliphatic rings. The monoisotopic (exact) mass is 699 g/mol. The molecule has 6 rings (SSSR count). The maximum atomic E-state index is 15.2. The van der Waals surface area contributed by atoms with Crippen LogP contribution in [0.5, 0.6) is 0 Å². The molecule has 51 heavy (non-hydrogen) atoms. The van der Waals surface area contributed by atoms with Gasteiger partial charge >= 0.3 is 5.97 Å². The molecule has 11 heteroatoms. The van der Waals surface area contributed by atoms with Crippen molar-refractivity contribution in [2.45, 2.75) is 82.3 Å². The maximum absolute atomic E-state index is 15.2. The average Bonchev–Trinajstić information content (AvgIpc) is 3.76. The summed E-state index contributed by atoms with van der Waals surface area (Å²) < 4.78 is 18.5. The van der Waals surface area contributed by atoms with Crippen LogP contribution in [0.25, 0.3) is 0 Å². The number of aliphatic hydroxyl groups is 1. The van der Waals surface area contributed by atoms with Crippen molar-refractivity contribution in [3.63, 3.8) is 0 Å². The third-order valence-electron chi connectivity index (χ3n) is 10.6. The minimum Gasteiger partial charge on any atom is -0.455 e. The molecule has 2 fully saturated rings. The molecule has 0 radical (unpaired) electrons. The summed E-state index contributed by atoms with van der Waals surface area (Å²) in [6.07, 6.45) is 9.12. The molecule has 272 valence electrons. The smallest absolute Gasteiger partial charge is 0.313 e. The number of carbonyl (C=O) groups is 4. The molecule has 0 aromatic heterocycles. The summed E-state index contributed by atoms with van der Waals surface area (Å²) in [4.78, 5) is 60.9. The van der Waals surface area contributed by atoms with Crippen LogP contribution in [0.1, 0.15) is 61.3 Å². The van der Waals surface area contributed by atoms with Gasteiger partial charge < -0.3 is 34.4 Å². The first-order chi connectivity index (χ1) is 24.7. The van der Waals surface area contributed by atoms with Gasteiger partial charge in [0.25, 0.3) is 5.91 Å². The summed E-state index contributed by atoms with van der Waals surface area (Å²) in [5.74, 6) is -3.48. The van der Waals surface area contributed by atoms with Gasteiger partial charge in [0.1, 0.15) is 23.7 Å². The lowest BCUT2D eigenvalue weighted by atomic mass is 9.74. The molecule has 2 saturated heterocycles. The number of likely N-dealkylation sites (tertiary alicyclic amines) is 1. The first kappa shape index (κ1) is 36.5. The van der Waals surface area contributed by atoms with Gasteiger partial charge in [-0.05, 0) is 49.8 Å². The van der Waals surface area contributed by atoms with Gasteiger partial charge in [-0.15, -0.1) is 0 Å². The van der Waals surface area contributed by atoms with Gasteiger partial charge in [-0.2, -0.15) is 0 Å². The SMILES string of the molecule is COC[C@@H]1NC(=O)CC/C=C\CN(c2c(C)cccc2C)C(=O)[C@H]2N(CCCCCCO)C(=O)[C@@H]3[C@@H](C(=O)O[C@H]1c1ccccc1)[C@H]1C=C[C@]32O1. The van der Waals surface area contributed by atoms with Gasteiger partial charge in [0.05, 0.1) is 24.7 Å². The van der Waals surface area contributed by atoms with Crippen LogP contribution in [0.2, 0.25) is 0 Å². The molecule has 0 saturated carbocycles. The van der Waals surface area contributed by atoms with Crippen molar-refractivity contribution in [1.29, 1.82) is 0 Å². The lowest BCUT2D eigenvalue weighted by Crippen LogP contribution is -2.56. The lowest BCUT2D eigenvalue weighted by molar-refractivity contribution is -0.162. The normalized spacial score (nSPS) is 30.0. The number of aryl methyl sites for hydroxylation is 2. The van der Waals surface area contributed by atoms with E-state index < -0.39 is 47.7 Å². The summed E-state index contributed by atoms with van der Waals surface area (Å²) in [6.45, 7) is 4.59. The van der Waals surface area contributed by atoms with Crippen molar-refractivity contribution in [1.82, 2.24) is 10.2 Å². The second-order valence-electron chi connectivity index (χ2n) is 14.0. The van der Waals surface area contributed by atoms with Crippen molar-refractivity contribution < 1.29 is 38.5 Å². The standard InChI is InChI=1S/C40H49N3O8/c1-26-15-14-16-27(2)34(26)42-22-12-7-10-19-31(45)41-29(25-49-3)35(28-17-8-6-9-18-28)50-39(48)32-30-20-21-40(51-30)33(32)37(46)43(36(40)38(42)47)23-11-4-5-13-24-44/h6-9,12,14-18,20-21,29-30,32-33,35-36,44H,4-5,10-11,13,19,22-25H2,1-3H3,(H,41,45)/b12-7-/t29-,30+,32-,33-,35-,36+,40-/m0/s1. The number of cyclic esters (lactones) is 1. The number of anilines is 1. The van der Waals surface area contributed by atoms with E-state index in [9.17, 15) is 19.5 Å². The molecule has 4 aliphatic heterocycles. The number of amides is 3. The predicted octanol–water partition coefficient (Wildman–Crippen LogP) is 4.11. The molecule has 2 N–H and O–H groups in total. The van der Waals surface area contributed by atoms with E-state index in [1.54, 1.807) is 15.9 Å². The second-order valence-corrected chi connectivity index (χ2v) is 14.0. The molecule has 3 amide bonds. The van der Waals surface area contributed by atoms with Crippen molar-refractivity contribution in [3.8, 4) is 0 Å². The molecule has 1 spiro atoms. The third-order valence-corrected chi connectivity index (χ3v) is 10.6. The van der Waals surface area contributed by atoms with Gasteiger partial charge in [-0.25, -0.2) is 0 Å². The van der Waals surface area contributed by atoms with Crippen LogP contribution >= 0.6 is 0 Å². The Balaban J connectivity index is 1.44. The van der Waals surface area contributed by atoms with Crippen molar-refractivity contribution in [2.75, 3.05) is 38.3 Å². The first-order valence-electron chi connectivity index (χ1n) is 18.1. The molecule has 2 aromatic rings. The Kier molecular flexibility index (Phi) is 11.4. The highest BCUT2D eigenvalue weighted by Gasteiger charge is 2.73. The number of carbonyl (C=O) groups excluding carboxylic acids is 4. The summed E-state index contributed by atoms with van der Waals surface area (Å²) in [5, 5.41) is 12.3. The molecule has 0 aliphatic carbocycles. The lowest BCUT2D eigenvalue weighted by Gasteiger charge is -2.37. The van der Waals surface area contributed by atoms with Crippen LogP contribution in [0.15, 0.2) is 72.8 Å². The number of nitrogens with zero attached hydrogens (tertiary/aromatic N) is 2. The van der Waals surface area contributed by atoms with Crippen LogP contribution in [-0.2, 0) is 33.4 Å². The van der Waals surface area contributed by atoms with E-state index in [-0.39, 0.29) is 43.9 Å². The zero-order valence-corrected chi connectivity index (χ0v) is 29.7. The maximum Gasteiger partial charge on any atom is 0.313 e. The Morgan fingerprint density at radius 2 is 1.69 bits per heavy atom. The van der Waals surface area contributed by atoms with E-state index in [1.807, 2.05) is 80.6 Å². The number of nitrogens with one attached hydrogen (secondary N) is 1. The number of methoxy groups -OCH3 is 1. The number of fused-ring (bicyclic) bond motifs is 2. The van der Waals surface area contributed by atoms with Crippen LogP contribution in [0.3, 0.4) is 0 Å². The summed E-state index contributed by atoms with van der Waals surface area (Å²) in [6, 6.07) is 13.3. The number of allylic oxidation sites excluding steroid dienone is 1. The molecule has 4 heterocycles. The van der Waals surface area contributed by atoms with Crippen LogP contribution in [0, 0.1) is 25.7 Å². The number of benzene rings is 2. The molecule has 11 nitrogen and oxygen atoms in total. The fourth-order valence-corrected chi connectivity index (χ4v) is 8.28. The fourth-order valence-electron chi connectivity index (χ4n) is 8.28. The van der Waals surface area contributed by atoms with E-state index in [0.29, 0.717) is 31.4 Å². The van der Waals surface area contributed by atoms with Crippen LogP contribution in [-0.4, -0.2) is 90.9 Å². The highest BCUT2D eigenvalue weighted by atomic mass is 16.6. The van der Waals surface area contributed by atoms with E-state index in [4.69, 9.17) is 14.2 Å². The van der Waals surface area contributed by atoms with Crippen LogP contribution in [0.4, 0.5) is 5.69 Å². The summed E-state index contributed by atoms with van der Waals surface area (Å²) in [5.41, 5.74) is 1.85. The molecule has 7 atom stereocenters. The van der Waals surface area contributed by atoms with Gasteiger partial charge in [0.2, 0.25) is 11.8 Å². The number of para-hydroxylation sites is 1. The largest absolute Gasteiger partial charge is 0.455 e. The summed E-state index contributed by atoms with van der Waals surface area (Å²) in [7, 11) is 1.52. The molecule has 5 bridgehead atoms. The van der Waals surface area contributed by atoms with Crippen molar-refractivity contribution >= 4 is 29.4 Å². The number of aliphatic hydroxyl groups excluding tert-OH is 1. The highest BCUT2D eigenvalue weighted by molar-refractivity contribution is 6.06. The van der Waals surface area contributed by atoms with E-state index in [2.05, 4.69) is 5.32 Å². The zero-order chi connectivity index (χ0) is 36.1.